The van der Waals surface area contributed by atoms with E-state index in [0.29, 0.717) is 6.61 Å². The smallest absolute Gasteiger partial charge is 0.364 e. The van der Waals surface area contributed by atoms with Crippen molar-refractivity contribution in [2.24, 2.45) is 0 Å². The van der Waals surface area contributed by atoms with Crippen LogP contribution in [0.5, 0.6) is 5.75 Å². The van der Waals surface area contributed by atoms with Crippen LogP contribution in [0.25, 0.3) is 0 Å². The molecule has 0 aliphatic heterocycles. The Morgan fingerprint density at radius 1 is 1.75 bits per heavy atom. The molecule has 0 atom stereocenters. The van der Waals surface area contributed by atoms with E-state index >= 15 is 0 Å². The first-order chi connectivity index (χ1) is 5.79. The highest BCUT2D eigenvalue weighted by Crippen LogP contribution is 2.16. The van der Waals surface area contributed by atoms with E-state index in [1.165, 1.54) is 13.4 Å². The third kappa shape index (κ3) is 1.55. The van der Waals surface area contributed by atoms with Crippen molar-refractivity contribution in [1.29, 1.82) is 0 Å². The molecule has 0 aromatic carbocycles. The van der Waals surface area contributed by atoms with Gasteiger partial charge in [-0.1, -0.05) is 5.16 Å². The van der Waals surface area contributed by atoms with E-state index in [9.17, 15) is 4.79 Å². The van der Waals surface area contributed by atoms with Crippen molar-refractivity contribution in [1.82, 2.24) is 5.16 Å². The summed E-state index contributed by atoms with van der Waals surface area (Å²) in [5.41, 5.74) is 0.0688. The zero-order chi connectivity index (χ0) is 8.97. The molecular formula is C7H9NO4. The molecule has 0 amide bonds. The van der Waals surface area contributed by atoms with Gasteiger partial charge in [-0.2, -0.15) is 0 Å². The Hall–Kier alpha value is -1.52. The number of methoxy groups -OCH3 is 1. The van der Waals surface area contributed by atoms with E-state index in [1.807, 2.05) is 0 Å². The van der Waals surface area contributed by atoms with Gasteiger partial charge in [-0.25, -0.2) is 4.79 Å². The molecule has 1 heterocycles. The van der Waals surface area contributed by atoms with Gasteiger partial charge in [-0.15, -0.1) is 0 Å². The van der Waals surface area contributed by atoms with Gasteiger partial charge in [0.25, 0.3) is 0 Å². The maximum absolute atomic E-state index is 11.1. The fourth-order valence-corrected chi connectivity index (χ4v) is 0.710. The minimum absolute atomic E-state index is 0.0688. The molecule has 1 rings (SSSR count). The van der Waals surface area contributed by atoms with Gasteiger partial charge in [0.1, 0.15) is 0 Å². The first-order valence-electron chi connectivity index (χ1n) is 3.45. The van der Waals surface area contributed by atoms with Crippen molar-refractivity contribution in [3.05, 3.63) is 12.0 Å². The molecule has 1 aromatic heterocycles. The number of carbonyl (C=O) groups excluding carboxylic acids is 1. The van der Waals surface area contributed by atoms with Gasteiger partial charge in [0.05, 0.1) is 13.7 Å². The Morgan fingerprint density at radius 2 is 2.50 bits per heavy atom. The van der Waals surface area contributed by atoms with Gasteiger partial charge in [0.15, 0.2) is 12.0 Å². The standard InChI is InChI=1S/C7H9NO4/c1-3-11-7(9)6-5(10-2)4-12-8-6/h4H,3H2,1-2H3. The highest BCUT2D eigenvalue weighted by atomic mass is 16.5. The average molecular weight is 171 g/mol. The molecule has 0 bridgehead atoms. The minimum Gasteiger partial charge on any atom is -0.491 e. The average Bonchev–Trinajstić information content (AvgIpc) is 2.51. The van der Waals surface area contributed by atoms with E-state index in [-0.39, 0.29) is 11.4 Å². The molecule has 0 radical (unpaired) electrons. The molecule has 12 heavy (non-hydrogen) atoms. The van der Waals surface area contributed by atoms with Crippen molar-refractivity contribution >= 4 is 5.97 Å². The van der Waals surface area contributed by atoms with Crippen LogP contribution in [-0.2, 0) is 4.74 Å². The van der Waals surface area contributed by atoms with Crippen molar-refractivity contribution in [3.63, 3.8) is 0 Å². The number of hydrogen-bond acceptors (Lipinski definition) is 5. The lowest BCUT2D eigenvalue weighted by atomic mass is 10.4. The third-order valence-corrected chi connectivity index (χ3v) is 1.23. The Bertz CT molecular complexity index is 268. The molecule has 0 spiro atoms. The zero-order valence-corrected chi connectivity index (χ0v) is 6.86. The summed E-state index contributed by atoms with van der Waals surface area (Å²) in [5, 5.41) is 3.43. The Morgan fingerprint density at radius 3 is 3.08 bits per heavy atom. The molecule has 1 aromatic rings. The van der Waals surface area contributed by atoms with Gasteiger partial charge in [-0.3, -0.25) is 0 Å². The molecular weight excluding hydrogens is 162 g/mol. The SMILES string of the molecule is CCOC(=O)c1nocc1OC. The van der Waals surface area contributed by atoms with Gasteiger partial charge < -0.3 is 14.0 Å². The Balaban J connectivity index is 2.79. The predicted molar refractivity (Wildman–Crippen MR) is 39.0 cm³/mol. The summed E-state index contributed by atoms with van der Waals surface area (Å²) in [7, 11) is 1.43. The highest BCUT2D eigenvalue weighted by molar-refractivity contribution is 5.89. The largest absolute Gasteiger partial charge is 0.491 e. The summed E-state index contributed by atoms with van der Waals surface area (Å²) in [6, 6.07) is 0. The van der Waals surface area contributed by atoms with Crippen LogP contribution in [-0.4, -0.2) is 24.8 Å². The van der Waals surface area contributed by atoms with Crippen LogP contribution in [0, 0.1) is 0 Å². The number of nitrogens with zero attached hydrogens (tertiary/aromatic N) is 1. The van der Waals surface area contributed by atoms with Gasteiger partial charge in [-0.05, 0) is 6.92 Å². The van der Waals surface area contributed by atoms with Crippen LogP contribution in [0.15, 0.2) is 10.8 Å². The first kappa shape index (κ1) is 8.58. The monoisotopic (exact) mass is 171 g/mol. The second kappa shape index (κ2) is 3.75. The molecule has 5 nitrogen and oxygen atoms in total. The first-order valence-corrected chi connectivity index (χ1v) is 3.45. The van der Waals surface area contributed by atoms with Crippen molar-refractivity contribution in [2.75, 3.05) is 13.7 Å². The summed E-state index contributed by atoms with van der Waals surface area (Å²) in [4.78, 5) is 11.1. The summed E-state index contributed by atoms with van der Waals surface area (Å²) >= 11 is 0. The summed E-state index contributed by atoms with van der Waals surface area (Å²) in [6.07, 6.45) is 1.24. The van der Waals surface area contributed by atoms with Crippen molar-refractivity contribution in [3.8, 4) is 5.75 Å². The van der Waals surface area contributed by atoms with Crippen LogP contribution in [0.3, 0.4) is 0 Å². The van der Waals surface area contributed by atoms with Gasteiger partial charge in [0, 0.05) is 0 Å². The summed E-state index contributed by atoms with van der Waals surface area (Å²) in [6.45, 7) is 2.01. The van der Waals surface area contributed by atoms with E-state index < -0.39 is 5.97 Å². The molecule has 0 aliphatic rings. The maximum atomic E-state index is 11.1. The van der Waals surface area contributed by atoms with Gasteiger partial charge >= 0.3 is 5.97 Å². The zero-order valence-electron chi connectivity index (χ0n) is 6.86. The number of esters is 1. The number of aromatic nitrogens is 1. The third-order valence-electron chi connectivity index (χ3n) is 1.23. The molecule has 0 unspecified atom stereocenters. The Kier molecular flexibility index (Phi) is 2.68. The number of hydrogen-bond donors (Lipinski definition) is 0. The van der Waals surface area contributed by atoms with Crippen molar-refractivity contribution < 1.29 is 18.8 Å². The summed E-state index contributed by atoms with van der Waals surface area (Å²) < 4.78 is 14.0. The fourth-order valence-electron chi connectivity index (χ4n) is 0.710. The summed E-state index contributed by atoms with van der Waals surface area (Å²) in [5.74, 6) is -0.253. The van der Waals surface area contributed by atoms with E-state index in [0.717, 1.165) is 0 Å². The lowest BCUT2D eigenvalue weighted by molar-refractivity contribution is 0.0511. The second-order valence-corrected chi connectivity index (χ2v) is 1.95. The maximum Gasteiger partial charge on any atom is 0.364 e. The molecule has 5 heteroatoms. The van der Waals surface area contributed by atoms with E-state index in [4.69, 9.17) is 4.74 Å². The van der Waals surface area contributed by atoms with E-state index in [1.54, 1.807) is 6.92 Å². The van der Waals surface area contributed by atoms with Crippen LogP contribution in [0.2, 0.25) is 0 Å². The molecule has 0 fully saturated rings. The van der Waals surface area contributed by atoms with Crippen LogP contribution < -0.4 is 4.74 Å². The second-order valence-electron chi connectivity index (χ2n) is 1.95. The topological polar surface area (TPSA) is 61.6 Å². The number of ether oxygens (including phenoxy) is 2. The molecule has 66 valence electrons. The van der Waals surface area contributed by atoms with E-state index in [2.05, 4.69) is 14.4 Å². The Labute approximate surface area is 69.2 Å². The predicted octanol–water partition coefficient (Wildman–Crippen LogP) is 0.860. The number of carbonyl (C=O) groups is 1. The molecule has 0 aliphatic carbocycles. The minimum atomic E-state index is -0.539. The molecule has 0 N–H and O–H groups in total. The van der Waals surface area contributed by atoms with Crippen LogP contribution >= 0.6 is 0 Å². The van der Waals surface area contributed by atoms with Crippen molar-refractivity contribution in [2.45, 2.75) is 6.92 Å². The van der Waals surface area contributed by atoms with Crippen LogP contribution in [0.4, 0.5) is 0 Å². The quantitative estimate of drug-likeness (QED) is 0.631. The molecule has 0 saturated carbocycles. The fraction of sp³-hybridized carbons (Fsp3) is 0.429. The van der Waals surface area contributed by atoms with Crippen LogP contribution in [0.1, 0.15) is 17.4 Å². The molecule has 0 saturated heterocycles. The lowest BCUT2D eigenvalue weighted by Crippen LogP contribution is -2.06. The number of rotatable bonds is 3. The van der Waals surface area contributed by atoms with Gasteiger partial charge in [0.2, 0.25) is 5.69 Å². The lowest BCUT2D eigenvalue weighted by Gasteiger charge is -1.98. The highest BCUT2D eigenvalue weighted by Gasteiger charge is 2.17. The normalized spacial score (nSPS) is 9.50.